The Hall–Kier alpha value is -2.40. The summed E-state index contributed by atoms with van der Waals surface area (Å²) in [7, 11) is 0. The lowest BCUT2D eigenvalue weighted by molar-refractivity contribution is 0.102. The SMILES string of the molecule is O=C(Nc1cccc2ncccc12)c1ccc(Br)cc1O. The fourth-order valence-electron chi connectivity index (χ4n) is 2.10. The maximum absolute atomic E-state index is 12.3. The van der Waals surface area contributed by atoms with E-state index in [0.29, 0.717) is 10.2 Å². The van der Waals surface area contributed by atoms with Crippen LogP contribution in [0.25, 0.3) is 10.9 Å². The third-order valence-corrected chi connectivity index (χ3v) is 3.59. The first-order valence-electron chi connectivity index (χ1n) is 6.29. The van der Waals surface area contributed by atoms with Crippen LogP contribution in [0.4, 0.5) is 5.69 Å². The Kier molecular flexibility index (Phi) is 3.58. The van der Waals surface area contributed by atoms with Gasteiger partial charge in [-0.1, -0.05) is 22.0 Å². The third kappa shape index (κ3) is 2.73. The molecule has 5 heteroatoms. The van der Waals surface area contributed by atoms with E-state index in [4.69, 9.17) is 0 Å². The molecule has 3 aromatic rings. The molecule has 21 heavy (non-hydrogen) atoms. The molecule has 104 valence electrons. The molecule has 0 bridgehead atoms. The summed E-state index contributed by atoms with van der Waals surface area (Å²) in [5.74, 6) is -0.434. The Morgan fingerprint density at radius 3 is 2.81 bits per heavy atom. The molecular weight excluding hydrogens is 332 g/mol. The summed E-state index contributed by atoms with van der Waals surface area (Å²) in [4.78, 5) is 16.5. The molecule has 0 saturated heterocycles. The van der Waals surface area contributed by atoms with Crippen molar-refractivity contribution in [2.45, 2.75) is 0 Å². The van der Waals surface area contributed by atoms with E-state index in [1.165, 1.54) is 6.07 Å². The molecule has 3 rings (SSSR count). The maximum atomic E-state index is 12.3. The molecule has 0 aliphatic carbocycles. The van der Waals surface area contributed by atoms with Crippen LogP contribution in [0.1, 0.15) is 10.4 Å². The molecule has 0 fully saturated rings. The number of fused-ring (bicyclic) bond motifs is 1. The van der Waals surface area contributed by atoms with Crippen LogP contribution in [0.3, 0.4) is 0 Å². The molecule has 0 radical (unpaired) electrons. The second-order valence-electron chi connectivity index (χ2n) is 4.49. The van der Waals surface area contributed by atoms with Gasteiger partial charge in [0.2, 0.25) is 0 Å². The Morgan fingerprint density at radius 2 is 2.00 bits per heavy atom. The van der Waals surface area contributed by atoms with E-state index in [1.54, 1.807) is 24.4 Å². The van der Waals surface area contributed by atoms with E-state index in [9.17, 15) is 9.90 Å². The summed E-state index contributed by atoms with van der Waals surface area (Å²) in [6, 6.07) is 14.0. The lowest BCUT2D eigenvalue weighted by Gasteiger charge is -2.09. The number of phenols is 1. The number of carbonyl (C=O) groups excluding carboxylic acids is 1. The van der Waals surface area contributed by atoms with Gasteiger partial charge in [-0.05, 0) is 42.5 Å². The van der Waals surface area contributed by atoms with Gasteiger partial charge in [0.05, 0.1) is 16.8 Å². The molecule has 4 nitrogen and oxygen atoms in total. The first-order chi connectivity index (χ1) is 10.1. The van der Waals surface area contributed by atoms with E-state index < -0.39 is 0 Å². The van der Waals surface area contributed by atoms with Gasteiger partial charge < -0.3 is 10.4 Å². The molecule has 0 aliphatic rings. The second kappa shape index (κ2) is 5.54. The summed E-state index contributed by atoms with van der Waals surface area (Å²) < 4.78 is 0.714. The van der Waals surface area contributed by atoms with Crippen LogP contribution in [0.5, 0.6) is 5.75 Å². The predicted octanol–water partition coefficient (Wildman–Crippen LogP) is 3.96. The molecular formula is C16H11BrN2O2. The van der Waals surface area contributed by atoms with Crippen molar-refractivity contribution in [1.82, 2.24) is 4.98 Å². The topological polar surface area (TPSA) is 62.2 Å². The van der Waals surface area contributed by atoms with E-state index >= 15 is 0 Å². The number of benzene rings is 2. The van der Waals surface area contributed by atoms with Crippen molar-refractivity contribution in [3.63, 3.8) is 0 Å². The smallest absolute Gasteiger partial charge is 0.259 e. The molecule has 0 saturated carbocycles. The quantitative estimate of drug-likeness (QED) is 0.741. The number of phenolic OH excluding ortho intramolecular Hbond substituents is 1. The maximum Gasteiger partial charge on any atom is 0.259 e. The molecule has 1 heterocycles. The van der Waals surface area contributed by atoms with Crippen molar-refractivity contribution in [2.75, 3.05) is 5.32 Å². The number of hydrogen-bond acceptors (Lipinski definition) is 3. The van der Waals surface area contributed by atoms with Crippen LogP contribution >= 0.6 is 15.9 Å². The van der Waals surface area contributed by atoms with Gasteiger partial charge in [0.25, 0.3) is 5.91 Å². The van der Waals surface area contributed by atoms with Gasteiger partial charge in [-0.25, -0.2) is 0 Å². The number of nitrogens with zero attached hydrogens (tertiary/aromatic N) is 1. The van der Waals surface area contributed by atoms with Crippen LogP contribution in [0.2, 0.25) is 0 Å². The molecule has 1 amide bonds. The van der Waals surface area contributed by atoms with Gasteiger partial charge in [-0.2, -0.15) is 0 Å². The monoisotopic (exact) mass is 342 g/mol. The highest BCUT2D eigenvalue weighted by Gasteiger charge is 2.12. The fraction of sp³-hybridized carbons (Fsp3) is 0. The average molecular weight is 343 g/mol. The van der Waals surface area contributed by atoms with E-state index in [1.807, 2.05) is 24.3 Å². The van der Waals surface area contributed by atoms with Gasteiger partial charge in [-0.15, -0.1) is 0 Å². The second-order valence-corrected chi connectivity index (χ2v) is 5.41. The zero-order chi connectivity index (χ0) is 14.8. The van der Waals surface area contributed by atoms with Crippen molar-refractivity contribution in [3.05, 3.63) is 64.8 Å². The summed E-state index contributed by atoms with van der Waals surface area (Å²) in [5, 5.41) is 13.5. The number of anilines is 1. The van der Waals surface area contributed by atoms with E-state index in [2.05, 4.69) is 26.2 Å². The normalized spacial score (nSPS) is 10.5. The number of aromatic hydroxyl groups is 1. The molecule has 1 aromatic heterocycles. The van der Waals surface area contributed by atoms with Crippen LogP contribution in [0.15, 0.2) is 59.2 Å². The number of aromatic nitrogens is 1. The van der Waals surface area contributed by atoms with Gasteiger partial charge in [-0.3, -0.25) is 9.78 Å². The Balaban J connectivity index is 1.97. The molecule has 0 unspecified atom stereocenters. The van der Waals surface area contributed by atoms with Crippen LogP contribution in [-0.4, -0.2) is 16.0 Å². The highest BCUT2D eigenvalue weighted by Crippen LogP contribution is 2.25. The zero-order valence-electron chi connectivity index (χ0n) is 10.9. The fourth-order valence-corrected chi connectivity index (χ4v) is 2.45. The van der Waals surface area contributed by atoms with Gasteiger partial charge in [0.15, 0.2) is 0 Å². The molecule has 0 spiro atoms. The minimum Gasteiger partial charge on any atom is -0.507 e. The van der Waals surface area contributed by atoms with E-state index in [-0.39, 0.29) is 17.2 Å². The minimum absolute atomic E-state index is 0.0692. The largest absolute Gasteiger partial charge is 0.507 e. The van der Waals surface area contributed by atoms with Crippen molar-refractivity contribution in [3.8, 4) is 5.75 Å². The van der Waals surface area contributed by atoms with Crippen molar-refractivity contribution in [2.24, 2.45) is 0 Å². The van der Waals surface area contributed by atoms with Gasteiger partial charge in [0, 0.05) is 16.1 Å². The van der Waals surface area contributed by atoms with Gasteiger partial charge >= 0.3 is 0 Å². The number of amides is 1. The lowest BCUT2D eigenvalue weighted by atomic mass is 10.1. The summed E-state index contributed by atoms with van der Waals surface area (Å²) in [6.07, 6.45) is 1.70. The number of carbonyl (C=O) groups is 1. The average Bonchev–Trinajstić information content (AvgIpc) is 2.47. The molecule has 2 N–H and O–H groups in total. The Labute approximate surface area is 129 Å². The van der Waals surface area contributed by atoms with Crippen LogP contribution in [0, 0.1) is 0 Å². The van der Waals surface area contributed by atoms with Crippen molar-refractivity contribution >= 4 is 38.4 Å². The predicted molar refractivity (Wildman–Crippen MR) is 85.5 cm³/mol. The Morgan fingerprint density at radius 1 is 1.14 bits per heavy atom. The summed E-state index contributed by atoms with van der Waals surface area (Å²) in [5.41, 5.74) is 1.68. The first-order valence-corrected chi connectivity index (χ1v) is 7.08. The zero-order valence-corrected chi connectivity index (χ0v) is 12.5. The highest BCUT2D eigenvalue weighted by atomic mass is 79.9. The first kappa shape index (κ1) is 13.6. The van der Waals surface area contributed by atoms with Crippen molar-refractivity contribution < 1.29 is 9.90 Å². The highest BCUT2D eigenvalue weighted by molar-refractivity contribution is 9.10. The van der Waals surface area contributed by atoms with E-state index in [0.717, 1.165) is 10.9 Å². The lowest BCUT2D eigenvalue weighted by Crippen LogP contribution is -2.12. The number of pyridine rings is 1. The standard InChI is InChI=1S/C16H11BrN2O2/c17-10-6-7-12(15(20)9-10)16(21)19-14-5-1-4-13-11(14)3-2-8-18-13/h1-9,20H,(H,19,21). The molecule has 0 atom stereocenters. The van der Waals surface area contributed by atoms with Crippen LogP contribution in [-0.2, 0) is 0 Å². The summed E-state index contributed by atoms with van der Waals surface area (Å²) in [6.45, 7) is 0. The van der Waals surface area contributed by atoms with Crippen LogP contribution < -0.4 is 5.32 Å². The Bertz CT molecular complexity index is 828. The number of halogens is 1. The van der Waals surface area contributed by atoms with Crippen molar-refractivity contribution in [1.29, 1.82) is 0 Å². The number of nitrogens with one attached hydrogen (secondary N) is 1. The minimum atomic E-state index is -0.364. The summed E-state index contributed by atoms with van der Waals surface area (Å²) >= 11 is 3.24. The number of rotatable bonds is 2. The van der Waals surface area contributed by atoms with Gasteiger partial charge in [0.1, 0.15) is 5.75 Å². The molecule has 0 aliphatic heterocycles. The number of hydrogen-bond donors (Lipinski definition) is 2. The molecule has 2 aromatic carbocycles. The third-order valence-electron chi connectivity index (χ3n) is 3.10.